The molecule has 3 rings (SSSR count). The van der Waals surface area contributed by atoms with Gasteiger partial charge in [0.15, 0.2) is 5.66 Å². The SMILES string of the molecule is C#CCCC1(CCC(=O)Nc2cccc(CN3CCNC(=O)C3)c2)N=N1. The smallest absolute Gasteiger partial charge is 0.234 e. The maximum atomic E-state index is 12.2. The number of hydrogen-bond donors (Lipinski definition) is 2. The van der Waals surface area contributed by atoms with Gasteiger partial charge in [-0.3, -0.25) is 14.5 Å². The van der Waals surface area contributed by atoms with E-state index in [-0.39, 0.29) is 11.8 Å². The van der Waals surface area contributed by atoms with Gasteiger partial charge in [0, 0.05) is 51.0 Å². The molecule has 2 aliphatic heterocycles. The predicted molar refractivity (Wildman–Crippen MR) is 98.2 cm³/mol. The number of amides is 2. The molecule has 1 saturated heterocycles. The molecule has 7 nitrogen and oxygen atoms in total. The van der Waals surface area contributed by atoms with E-state index in [0.29, 0.717) is 45.3 Å². The predicted octanol–water partition coefficient (Wildman–Crippen LogP) is 1.91. The average Bonchev–Trinajstić information content (AvgIpc) is 3.39. The van der Waals surface area contributed by atoms with Crippen LogP contribution in [0.5, 0.6) is 0 Å². The maximum absolute atomic E-state index is 12.2. The molecule has 2 heterocycles. The highest BCUT2D eigenvalue weighted by Crippen LogP contribution is 2.37. The second-order valence-electron chi connectivity index (χ2n) is 6.70. The zero-order chi connectivity index (χ0) is 18.4. The molecular formula is C19H23N5O2. The van der Waals surface area contributed by atoms with Crippen molar-refractivity contribution < 1.29 is 9.59 Å². The lowest BCUT2D eigenvalue weighted by Crippen LogP contribution is -2.47. The van der Waals surface area contributed by atoms with Crippen molar-refractivity contribution in [1.29, 1.82) is 0 Å². The molecule has 0 unspecified atom stereocenters. The Bertz CT molecular complexity index is 747. The first kappa shape index (κ1) is 18.1. The van der Waals surface area contributed by atoms with Crippen LogP contribution in [0.2, 0.25) is 0 Å². The Morgan fingerprint density at radius 3 is 2.96 bits per heavy atom. The summed E-state index contributed by atoms with van der Waals surface area (Å²) in [6, 6.07) is 7.72. The first-order valence-corrected chi connectivity index (χ1v) is 8.84. The van der Waals surface area contributed by atoms with E-state index in [1.807, 2.05) is 24.3 Å². The van der Waals surface area contributed by atoms with Crippen molar-refractivity contribution in [2.75, 3.05) is 25.0 Å². The van der Waals surface area contributed by atoms with E-state index in [2.05, 4.69) is 31.7 Å². The molecular weight excluding hydrogens is 330 g/mol. The lowest BCUT2D eigenvalue weighted by Gasteiger charge is -2.26. The number of hydrogen-bond acceptors (Lipinski definition) is 5. The number of piperazine rings is 1. The Hall–Kier alpha value is -2.72. The van der Waals surface area contributed by atoms with E-state index in [4.69, 9.17) is 6.42 Å². The van der Waals surface area contributed by atoms with Crippen molar-refractivity contribution in [2.24, 2.45) is 10.2 Å². The van der Waals surface area contributed by atoms with Crippen LogP contribution in [0.4, 0.5) is 5.69 Å². The quantitative estimate of drug-likeness (QED) is 0.700. The third kappa shape index (κ3) is 5.14. The standard InChI is InChI=1S/C19H23N5O2/c1-2-3-8-19(22-23-19)9-7-17(25)21-16-6-4-5-15(12-16)13-24-11-10-20-18(26)14-24/h1,4-6,12H,3,7-11,13-14H2,(H,20,26)(H,21,25). The molecule has 2 amide bonds. The number of terminal acetylenes is 1. The minimum atomic E-state index is -0.430. The Kier molecular flexibility index (Phi) is 5.64. The van der Waals surface area contributed by atoms with Gasteiger partial charge in [-0.2, -0.15) is 10.2 Å². The lowest BCUT2D eigenvalue weighted by molar-refractivity contribution is -0.124. The molecule has 1 aromatic rings. The second-order valence-corrected chi connectivity index (χ2v) is 6.70. The normalized spacial score (nSPS) is 18.0. The molecule has 0 aromatic heterocycles. The third-order valence-corrected chi connectivity index (χ3v) is 4.54. The van der Waals surface area contributed by atoms with Crippen molar-refractivity contribution in [2.45, 2.75) is 37.9 Å². The van der Waals surface area contributed by atoms with Gasteiger partial charge in [0.2, 0.25) is 11.8 Å². The molecule has 136 valence electrons. The summed E-state index contributed by atoms with van der Waals surface area (Å²) in [6.07, 6.45) is 7.53. The van der Waals surface area contributed by atoms with Crippen LogP contribution in [-0.4, -0.2) is 42.0 Å². The van der Waals surface area contributed by atoms with Gasteiger partial charge in [0.05, 0.1) is 6.54 Å². The minimum Gasteiger partial charge on any atom is -0.354 e. The maximum Gasteiger partial charge on any atom is 0.234 e. The van der Waals surface area contributed by atoms with E-state index in [1.54, 1.807) is 0 Å². The summed E-state index contributed by atoms with van der Waals surface area (Å²) in [5.41, 5.74) is 1.40. The van der Waals surface area contributed by atoms with E-state index in [0.717, 1.165) is 17.8 Å². The molecule has 0 spiro atoms. The van der Waals surface area contributed by atoms with Gasteiger partial charge < -0.3 is 10.6 Å². The van der Waals surface area contributed by atoms with Crippen molar-refractivity contribution in [1.82, 2.24) is 10.2 Å². The molecule has 0 aliphatic carbocycles. The molecule has 1 aromatic carbocycles. The average molecular weight is 353 g/mol. The van der Waals surface area contributed by atoms with Gasteiger partial charge >= 0.3 is 0 Å². The summed E-state index contributed by atoms with van der Waals surface area (Å²) in [6.45, 7) is 2.59. The highest BCUT2D eigenvalue weighted by Gasteiger charge is 2.39. The number of carbonyl (C=O) groups is 2. The largest absolute Gasteiger partial charge is 0.354 e. The number of carbonyl (C=O) groups excluding carboxylic acids is 2. The number of rotatable bonds is 8. The highest BCUT2D eigenvalue weighted by atomic mass is 16.2. The molecule has 0 radical (unpaired) electrons. The van der Waals surface area contributed by atoms with Crippen LogP contribution in [0, 0.1) is 12.3 Å². The highest BCUT2D eigenvalue weighted by molar-refractivity contribution is 5.90. The van der Waals surface area contributed by atoms with E-state index >= 15 is 0 Å². The summed E-state index contributed by atoms with van der Waals surface area (Å²) >= 11 is 0. The molecule has 0 bridgehead atoms. The zero-order valence-electron chi connectivity index (χ0n) is 14.7. The van der Waals surface area contributed by atoms with Crippen molar-refractivity contribution >= 4 is 17.5 Å². The van der Waals surface area contributed by atoms with Crippen molar-refractivity contribution in [3.05, 3.63) is 29.8 Å². The Balaban J connectivity index is 1.48. The van der Waals surface area contributed by atoms with Gasteiger partial charge in [0.1, 0.15) is 0 Å². The first-order valence-electron chi connectivity index (χ1n) is 8.84. The number of anilines is 1. The van der Waals surface area contributed by atoms with E-state index < -0.39 is 5.66 Å². The lowest BCUT2D eigenvalue weighted by atomic mass is 10.0. The summed E-state index contributed by atoms with van der Waals surface area (Å²) in [5, 5.41) is 13.8. The van der Waals surface area contributed by atoms with Crippen LogP contribution >= 0.6 is 0 Å². The van der Waals surface area contributed by atoms with Crippen LogP contribution in [0.25, 0.3) is 0 Å². The summed E-state index contributed by atoms with van der Waals surface area (Å²) in [7, 11) is 0. The first-order chi connectivity index (χ1) is 12.6. The van der Waals surface area contributed by atoms with Crippen LogP contribution in [-0.2, 0) is 16.1 Å². The minimum absolute atomic E-state index is 0.0513. The van der Waals surface area contributed by atoms with Crippen molar-refractivity contribution in [3.8, 4) is 12.3 Å². The fourth-order valence-electron chi connectivity index (χ4n) is 3.04. The van der Waals surface area contributed by atoms with Gasteiger partial charge in [-0.05, 0) is 17.7 Å². The van der Waals surface area contributed by atoms with Gasteiger partial charge in [-0.15, -0.1) is 12.3 Å². The Morgan fingerprint density at radius 2 is 2.23 bits per heavy atom. The number of nitrogens with zero attached hydrogens (tertiary/aromatic N) is 3. The van der Waals surface area contributed by atoms with Gasteiger partial charge in [0.25, 0.3) is 0 Å². The Morgan fingerprint density at radius 1 is 1.38 bits per heavy atom. The summed E-state index contributed by atoms with van der Waals surface area (Å²) in [4.78, 5) is 25.8. The zero-order valence-corrected chi connectivity index (χ0v) is 14.7. The second kappa shape index (κ2) is 8.11. The van der Waals surface area contributed by atoms with E-state index in [9.17, 15) is 9.59 Å². The van der Waals surface area contributed by atoms with Crippen molar-refractivity contribution in [3.63, 3.8) is 0 Å². The fourth-order valence-corrected chi connectivity index (χ4v) is 3.04. The number of nitrogens with one attached hydrogen (secondary N) is 2. The third-order valence-electron chi connectivity index (χ3n) is 4.54. The molecule has 1 fully saturated rings. The fraction of sp³-hybridized carbons (Fsp3) is 0.474. The molecule has 7 heteroatoms. The molecule has 0 atom stereocenters. The number of benzene rings is 1. The van der Waals surface area contributed by atoms with Crippen LogP contribution < -0.4 is 10.6 Å². The molecule has 2 aliphatic rings. The Labute approximate surface area is 153 Å². The molecule has 2 N–H and O–H groups in total. The summed E-state index contributed by atoms with van der Waals surface area (Å²) in [5.74, 6) is 2.58. The van der Waals surface area contributed by atoms with E-state index in [1.165, 1.54) is 0 Å². The van der Waals surface area contributed by atoms with Crippen LogP contribution in [0.3, 0.4) is 0 Å². The molecule has 26 heavy (non-hydrogen) atoms. The topological polar surface area (TPSA) is 86.2 Å². The van der Waals surface area contributed by atoms with Gasteiger partial charge in [-0.1, -0.05) is 12.1 Å². The van der Waals surface area contributed by atoms with Crippen LogP contribution in [0.1, 0.15) is 31.2 Å². The molecule has 0 saturated carbocycles. The van der Waals surface area contributed by atoms with Gasteiger partial charge in [-0.25, -0.2) is 0 Å². The summed E-state index contributed by atoms with van der Waals surface area (Å²) < 4.78 is 0. The monoisotopic (exact) mass is 353 g/mol. The van der Waals surface area contributed by atoms with Crippen LogP contribution in [0.15, 0.2) is 34.5 Å².